The summed E-state index contributed by atoms with van der Waals surface area (Å²) in [5, 5.41) is 6.37. The van der Waals surface area contributed by atoms with Gasteiger partial charge in [0.2, 0.25) is 0 Å². The van der Waals surface area contributed by atoms with Crippen molar-refractivity contribution < 1.29 is 18.0 Å². The normalized spacial score (nSPS) is 15.3. The Labute approximate surface area is 124 Å². The molecule has 1 aliphatic carbocycles. The highest BCUT2D eigenvalue weighted by atomic mass is 19.4. The van der Waals surface area contributed by atoms with E-state index in [2.05, 4.69) is 15.4 Å². The number of halogens is 3. The molecule has 3 rings (SSSR count). The van der Waals surface area contributed by atoms with E-state index in [0.29, 0.717) is 16.8 Å². The Morgan fingerprint density at radius 3 is 2.73 bits per heavy atom. The third-order valence-corrected chi connectivity index (χ3v) is 3.50. The summed E-state index contributed by atoms with van der Waals surface area (Å²) in [5.74, 6) is -0.410. The lowest BCUT2D eigenvalue weighted by molar-refractivity contribution is -0.142. The molecule has 1 fully saturated rings. The Balaban J connectivity index is 2.07. The third kappa shape index (κ3) is 2.77. The van der Waals surface area contributed by atoms with Crippen molar-refractivity contribution in [3.63, 3.8) is 0 Å². The first kappa shape index (κ1) is 14.8. The minimum absolute atomic E-state index is 0.0540. The van der Waals surface area contributed by atoms with Crippen LogP contribution >= 0.6 is 0 Å². The van der Waals surface area contributed by atoms with E-state index < -0.39 is 17.8 Å². The van der Waals surface area contributed by atoms with Gasteiger partial charge in [-0.2, -0.15) is 18.3 Å². The number of rotatable bonds is 4. The van der Waals surface area contributed by atoms with Crippen LogP contribution in [0.15, 0.2) is 12.1 Å². The third-order valence-electron chi connectivity index (χ3n) is 3.50. The summed E-state index contributed by atoms with van der Waals surface area (Å²) in [6.45, 7) is 2.33. The zero-order valence-corrected chi connectivity index (χ0v) is 11.9. The van der Waals surface area contributed by atoms with Crippen LogP contribution in [0.2, 0.25) is 0 Å². The smallest absolute Gasteiger partial charge is 0.351 e. The van der Waals surface area contributed by atoms with Crippen LogP contribution in [0, 0.1) is 0 Å². The van der Waals surface area contributed by atoms with Gasteiger partial charge in [-0.25, -0.2) is 9.50 Å². The number of carbonyl (C=O) groups excluding carboxylic acids is 1. The molecule has 0 radical (unpaired) electrons. The quantitative estimate of drug-likeness (QED) is 0.944. The summed E-state index contributed by atoms with van der Waals surface area (Å²) < 4.78 is 40.3. The van der Waals surface area contributed by atoms with Crippen LogP contribution < -0.4 is 5.32 Å². The number of nitrogens with zero attached hydrogens (tertiary/aromatic N) is 3. The molecule has 1 aliphatic rings. The van der Waals surface area contributed by atoms with E-state index in [1.807, 2.05) is 6.92 Å². The van der Waals surface area contributed by atoms with Crippen molar-refractivity contribution in [2.75, 3.05) is 6.54 Å². The lowest BCUT2D eigenvalue weighted by Crippen LogP contribution is -2.24. The zero-order valence-electron chi connectivity index (χ0n) is 11.9. The van der Waals surface area contributed by atoms with E-state index in [0.717, 1.165) is 25.3 Å². The number of carbonyl (C=O) groups is 1. The molecular weight excluding hydrogens is 297 g/mol. The number of aromatic nitrogens is 3. The number of amides is 1. The number of fused-ring (bicyclic) bond motifs is 1. The van der Waals surface area contributed by atoms with Crippen molar-refractivity contribution in [3.05, 3.63) is 29.2 Å². The first-order valence-corrected chi connectivity index (χ1v) is 7.16. The second-order valence-electron chi connectivity index (χ2n) is 5.39. The van der Waals surface area contributed by atoms with Crippen molar-refractivity contribution in [1.82, 2.24) is 19.9 Å². The zero-order chi connectivity index (χ0) is 15.9. The van der Waals surface area contributed by atoms with Crippen molar-refractivity contribution >= 4 is 11.6 Å². The van der Waals surface area contributed by atoms with Crippen LogP contribution in [0.3, 0.4) is 0 Å². The van der Waals surface area contributed by atoms with Crippen LogP contribution in [0.4, 0.5) is 13.2 Å². The standard InChI is InChI=1S/C14H15F3N4O/c1-2-5-18-13(22)10-7-12-19-9(8-3-4-8)6-11(14(15,16)17)21(12)20-10/h6-8H,2-5H2,1H3,(H,18,22). The number of alkyl halides is 3. The fourth-order valence-electron chi connectivity index (χ4n) is 2.22. The molecule has 1 amide bonds. The summed E-state index contributed by atoms with van der Waals surface area (Å²) in [6.07, 6.45) is -2.12. The molecular formula is C14H15F3N4O. The Bertz CT molecular complexity index is 719. The van der Waals surface area contributed by atoms with Gasteiger partial charge in [0.15, 0.2) is 11.3 Å². The summed E-state index contributed by atoms with van der Waals surface area (Å²) in [7, 11) is 0. The molecule has 22 heavy (non-hydrogen) atoms. The molecule has 0 aliphatic heterocycles. The van der Waals surface area contributed by atoms with Crippen molar-refractivity contribution in [2.24, 2.45) is 0 Å². The topological polar surface area (TPSA) is 59.3 Å². The summed E-state index contributed by atoms with van der Waals surface area (Å²) >= 11 is 0. The van der Waals surface area contributed by atoms with E-state index in [9.17, 15) is 18.0 Å². The molecule has 1 saturated carbocycles. The predicted molar refractivity (Wildman–Crippen MR) is 72.6 cm³/mol. The SMILES string of the molecule is CCCNC(=O)c1cc2nc(C3CC3)cc(C(F)(F)F)n2n1. The molecule has 1 N–H and O–H groups in total. The van der Waals surface area contributed by atoms with Crippen LogP contribution in [0.1, 0.15) is 54.0 Å². The minimum Gasteiger partial charge on any atom is -0.351 e. The van der Waals surface area contributed by atoms with Gasteiger partial charge in [0.05, 0.1) is 0 Å². The van der Waals surface area contributed by atoms with Gasteiger partial charge in [0.1, 0.15) is 5.69 Å². The highest BCUT2D eigenvalue weighted by Gasteiger charge is 2.37. The van der Waals surface area contributed by atoms with Crippen LogP contribution in [0.5, 0.6) is 0 Å². The average Bonchev–Trinajstić information content (AvgIpc) is 3.21. The fraction of sp³-hybridized carbons (Fsp3) is 0.500. The van der Waals surface area contributed by atoms with Gasteiger partial charge >= 0.3 is 6.18 Å². The van der Waals surface area contributed by atoms with E-state index in [-0.39, 0.29) is 17.3 Å². The highest BCUT2D eigenvalue weighted by Crippen LogP contribution is 2.41. The maximum atomic E-state index is 13.2. The molecule has 2 heterocycles. The first-order valence-electron chi connectivity index (χ1n) is 7.16. The fourth-order valence-corrected chi connectivity index (χ4v) is 2.22. The molecule has 118 valence electrons. The lowest BCUT2D eigenvalue weighted by atomic mass is 10.2. The predicted octanol–water partition coefficient (Wildman–Crippen LogP) is 2.77. The van der Waals surface area contributed by atoms with Gasteiger partial charge in [0.25, 0.3) is 5.91 Å². The molecule has 2 aromatic heterocycles. The maximum absolute atomic E-state index is 13.2. The Morgan fingerprint density at radius 2 is 2.14 bits per heavy atom. The Hall–Kier alpha value is -2.12. The molecule has 0 aromatic carbocycles. The Kier molecular flexibility index (Phi) is 3.54. The van der Waals surface area contributed by atoms with E-state index in [1.54, 1.807) is 0 Å². The molecule has 0 saturated heterocycles. The molecule has 0 bridgehead atoms. The van der Waals surface area contributed by atoms with Gasteiger partial charge < -0.3 is 5.32 Å². The second kappa shape index (κ2) is 5.26. The van der Waals surface area contributed by atoms with Crippen molar-refractivity contribution in [3.8, 4) is 0 Å². The van der Waals surface area contributed by atoms with Crippen LogP contribution in [-0.2, 0) is 6.18 Å². The first-order chi connectivity index (χ1) is 10.4. The van der Waals surface area contributed by atoms with Crippen LogP contribution in [0.25, 0.3) is 5.65 Å². The molecule has 5 nitrogen and oxygen atoms in total. The molecule has 0 atom stereocenters. The molecule has 0 unspecified atom stereocenters. The molecule has 2 aromatic rings. The van der Waals surface area contributed by atoms with Gasteiger partial charge in [-0.05, 0) is 25.3 Å². The summed E-state index contributed by atoms with van der Waals surface area (Å²) in [4.78, 5) is 16.1. The van der Waals surface area contributed by atoms with E-state index in [1.165, 1.54) is 6.07 Å². The van der Waals surface area contributed by atoms with Crippen molar-refractivity contribution in [2.45, 2.75) is 38.3 Å². The molecule has 8 heteroatoms. The Morgan fingerprint density at radius 1 is 1.41 bits per heavy atom. The summed E-state index contributed by atoms with van der Waals surface area (Å²) in [5.41, 5.74) is -0.480. The van der Waals surface area contributed by atoms with E-state index in [4.69, 9.17) is 0 Å². The average molecular weight is 312 g/mol. The minimum atomic E-state index is -4.55. The van der Waals surface area contributed by atoms with Gasteiger partial charge in [-0.15, -0.1) is 0 Å². The van der Waals surface area contributed by atoms with E-state index >= 15 is 0 Å². The lowest BCUT2D eigenvalue weighted by Gasteiger charge is -2.10. The highest BCUT2D eigenvalue weighted by molar-refractivity contribution is 5.93. The number of hydrogen-bond donors (Lipinski definition) is 1. The number of nitrogens with one attached hydrogen (secondary N) is 1. The van der Waals surface area contributed by atoms with Gasteiger partial charge in [0, 0.05) is 24.2 Å². The van der Waals surface area contributed by atoms with Gasteiger partial charge in [-0.3, -0.25) is 4.79 Å². The van der Waals surface area contributed by atoms with Gasteiger partial charge in [-0.1, -0.05) is 6.92 Å². The second-order valence-corrected chi connectivity index (χ2v) is 5.39. The summed E-state index contributed by atoms with van der Waals surface area (Å²) in [6, 6.07) is 2.33. The maximum Gasteiger partial charge on any atom is 0.433 e. The number of hydrogen-bond acceptors (Lipinski definition) is 3. The molecule has 0 spiro atoms. The monoisotopic (exact) mass is 312 g/mol. The largest absolute Gasteiger partial charge is 0.433 e. The van der Waals surface area contributed by atoms with Crippen LogP contribution in [-0.4, -0.2) is 27.0 Å². The van der Waals surface area contributed by atoms with Crippen molar-refractivity contribution in [1.29, 1.82) is 0 Å².